The van der Waals surface area contributed by atoms with Crippen molar-refractivity contribution in [2.75, 3.05) is 18.0 Å². The lowest BCUT2D eigenvalue weighted by molar-refractivity contribution is 0.198. The molecular weight excluding hydrogens is 472 g/mol. The number of benzene rings is 2. The molecule has 0 bridgehead atoms. The minimum Gasteiger partial charge on any atom is -0.598 e. The smallest absolute Gasteiger partial charge is 0.167 e. The zero-order chi connectivity index (χ0) is 25.3. The van der Waals surface area contributed by atoms with Crippen LogP contribution in [-0.2, 0) is 17.8 Å². The second kappa shape index (κ2) is 10.2. The number of aliphatic hydroxyl groups is 1. The summed E-state index contributed by atoms with van der Waals surface area (Å²) in [7, 11) is 0. The summed E-state index contributed by atoms with van der Waals surface area (Å²) >= 11 is -1.30. The Morgan fingerprint density at radius 2 is 1.89 bits per heavy atom. The Hall–Kier alpha value is -2.91. The maximum atomic E-state index is 13.3. The Morgan fingerprint density at radius 1 is 1.11 bits per heavy atom. The van der Waals surface area contributed by atoms with Crippen LogP contribution in [0.3, 0.4) is 0 Å². The van der Waals surface area contributed by atoms with E-state index < -0.39 is 16.1 Å². The molecule has 1 saturated heterocycles. The molecule has 2 aromatic carbocycles. The van der Waals surface area contributed by atoms with Crippen molar-refractivity contribution in [1.82, 2.24) is 14.9 Å². The quantitative estimate of drug-likeness (QED) is 0.349. The van der Waals surface area contributed by atoms with Gasteiger partial charge in [0.05, 0.1) is 12.1 Å². The van der Waals surface area contributed by atoms with E-state index >= 15 is 0 Å². The van der Waals surface area contributed by atoms with Gasteiger partial charge in [-0.2, -0.15) is 0 Å². The summed E-state index contributed by atoms with van der Waals surface area (Å²) in [4.78, 5) is 7.02. The van der Waals surface area contributed by atoms with Crippen molar-refractivity contribution in [3.63, 3.8) is 0 Å². The minimum absolute atomic E-state index is 0.274. The highest BCUT2D eigenvalue weighted by Crippen LogP contribution is 2.35. The van der Waals surface area contributed by atoms with Gasteiger partial charge in [0.2, 0.25) is 0 Å². The standard InChI is InChI=1S/C28H32N4O3S/c1-28(2,3)36(34)31-24(17-19-9-8-14-26(29-19)32-16-15-20(33)18-32)21-10-4-5-11-22(21)27-23-12-6-7-13-25(23)35-30-27/h4-14,20,24,31,33H,15-18H2,1-3H3/t20-,24-,36?/m0/s1. The third-order valence-corrected chi connectivity index (χ3v) is 8.08. The first-order chi connectivity index (χ1) is 17.3. The zero-order valence-corrected chi connectivity index (χ0v) is 21.7. The Morgan fingerprint density at radius 3 is 2.67 bits per heavy atom. The molecule has 0 radical (unpaired) electrons. The number of nitrogens with one attached hydrogen (secondary N) is 1. The first-order valence-corrected chi connectivity index (χ1v) is 13.5. The van der Waals surface area contributed by atoms with Crippen LogP contribution in [0.5, 0.6) is 0 Å². The summed E-state index contributed by atoms with van der Waals surface area (Å²) in [6.07, 6.45) is 0.974. The van der Waals surface area contributed by atoms with E-state index in [1.807, 2.05) is 81.4 Å². The van der Waals surface area contributed by atoms with Gasteiger partial charge in [-0.1, -0.05) is 47.6 Å². The Labute approximate surface area is 214 Å². The van der Waals surface area contributed by atoms with Gasteiger partial charge in [0.15, 0.2) is 5.58 Å². The average Bonchev–Trinajstić information content (AvgIpc) is 3.49. The molecule has 1 unspecified atom stereocenters. The molecule has 0 aliphatic carbocycles. The largest absolute Gasteiger partial charge is 0.598 e. The molecule has 5 rings (SSSR count). The van der Waals surface area contributed by atoms with Gasteiger partial charge in [-0.3, -0.25) is 0 Å². The summed E-state index contributed by atoms with van der Waals surface area (Å²) in [5.74, 6) is 0.857. The number of aliphatic hydroxyl groups excluding tert-OH is 1. The van der Waals surface area contributed by atoms with E-state index in [-0.39, 0.29) is 12.1 Å². The van der Waals surface area contributed by atoms with Gasteiger partial charge >= 0.3 is 0 Å². The molecule has 2 aromatic heterocycles. The molecule has 3 heterocycles. The zero-order valence-electron chi connectivity index (χ0n) is 20.8. The van der Waals surface area contributed by atoms with Crippen LogP contribution in [0.15, 0.2) is 71.3 Å². The third-order valence-electron chi connectivity index (χ3n) is 6.47. The number of hydrogen-bond acceptors (Lipinski definition) is 7. The van der Waals surface area contributed by atoms with Crippen molar-refractivity contribution >= 4 is 28.1 Å². The van der Waals surface area contributed by atoms with E-state index in [0.717, 1.165) is 52.3 Å². The number of anilines is 1. The number of fused-ring (bicyclic) bond motifs is 1. The lowest BCUT2D eigenvalue weighted by atomic mass is 9.94. The van der Waals surface area contributed by atoms with Crippen molar-refractivity contribution in [2.45, 2.75) is 50.5 Å². The van der Waals surface area contributed by atoms with Crippen LogP contribution >= 0.6 is 0 Å². The van der Waals surface area contributed by atoms with Crippen LogP contribution in [0.25, 0.3) is 22.2 Å². The molecule has 7 nitrogen and oxygen atoms in total. The highest BCUT2D eigenvalue weighted by atomic mass is 32.2. The SMILES string of the molecule is CC(C)(C)[S+]([O-])N[C@@H](Cc1cccc(N2CC[C@H](O)C2)n1)c1ccccc1-c1noc2ccccc12. The maximum absolute atomic E-state index is 13.3. The normalized spacial score (nSPS) is 18.0. The van der Waals surface area contributed by atoms with Crippen LogP contribution < -0.4 is 9.62 Å². The van der Waals surface area contributed by atoms with Gasteiger partial charge in [-0.05, 0) is 57.0 Å². The van der Waals surface area contributed by atoms with E-state index in [1.165, 1.54) is 0 Å². The lowest BCUT2D eigenvalue weighted by Gasteiger charge is -2.29. The van der Waals surface area contributed by atoms with E-state index in [0.29, 0.717) is 13.0 Å². The maximum Gasteiger partial charge on any atom is 0.167 e. The molecular formula is C28H32N4O3S. The molecule has 3 atom stereocenters. The molecule has 0 saturated carbocycles. The van der Waals surface area contributed by atoms with Crippen molar-refractivity contribution in [3.05, 3.63) is 78.0 Å². The van der Waals surface area contributed by atoms with E-state index in [4.69, 9.17) is 9.51 Å². The summed E-state index contributed by atoms with van der Waals surface area (Å²) in [6.45, 7) is 7.26. The molecule has 188 valence electrons. The number of rotatable bonds is 7. The summed E-state index contributed by atoms with van der Waals surface area (Å²) < 4.78 is 21.8. The molecule has 2 N–H and O–H groups in total. The van der Waals surface area contributed by atoms with Crippen LogP contribution in [0.1, 0.15) is 44.5 Å². The number of aromatic nitrogens is 2. The third kappa shape index (κ3) is 5.27. The van der Waals surface area contributed by atoms with Crippen molar-refractivity contribution in [3.8, 4) is 11.3 Å². The van der Waals surface area contributed by atoms with Crippen LogP contribution in [-0.4, -0.2) is 43.7 Å². The molecule has 0 spiro atoms. The monoisotopic (exact) mass is 504 g/mol. The molecule has 36 heavy (non-hydrogen) atoms. The molecule has 1 aliphatic rings. The summed E-state index contributed by atoms with van der Waals surface area (Å²) in [5, 5.41) is 15.3. The van der Waals surface area contributed by atoms with Crippen LogP contribution in [0.2, 0.25) is 0 Å². The second-order valence-electron chi connectivity index (χ2n) is 10.2. The molecule has 8 heteroatoms. The second-order valence-corrected chi connectivity index (χ2v) is 12.2. The number of nitrogens with zero attached hydrogens (tertiary/aromatic N) is 3. The summed E-state index contributed by atoms with van der Waals surface area (Å²) in [6, 6.07) is 21.6. The fourth-order valence-electron chi connectivity index (χ4n) is 4.53. The first-order valence-electron chi connectivity index (χ1n) is 12.3. The van der Waals surface area contributed by atoms with Crippen LogP contribution in [0, 0.1) is 0 Å². The van der Waals surface area contributed by atoms with Crippen molar-refractivity contribution in [1.29, 1.82) is 0 Å². The number of pyridine rings is 1. The van der Waals surface area contributed by atoms with E-state index in [2.05, 4.69) is 20.8 Å². The number of β-amino-alcohol motifs (C(OH)–C–C–N with tert-alkyl or cyclic N) is 1. The van der Waals surface area contributed by atoms with E-state index in [9.17, 15) is 9.66 Å². The Balaban J connectivity index is 1.53. The van der Waals surface area contributed by atoms with Gasteiger partial charge in [0.25, 0.3) is 0 Å². The van der Waals surface area contributed by atoms with E-state index in [1.54, 1.807) is 0 Å². The average molecular weight is 505 g/mol. The fraction of sp³-hybridized carbons (Fsp3) is 0.357. The van der Waals surface area contributed by atoms with Gasteiger partial charge in [0, 0.05) is 47.5 Å². The highest BCUT2D eigenvalue weighted by Gasteiger charge is 2.32. The molecule has 1 fully saturated rings. The molecule has 4 aromatic rings. The Bertz CT molecular complexity index is 1340. The van der Waals surface area contributed by atoms with Crippen molar-refractivity contribution < 1.29 is 14.2 Å². The van der Waals surface area contributed by atoms with Crippen molar-refractivity contribution in [2.24, 2.45) is 0 Å². The van der Waals surface area contributed by atoms with Crippen LogP contribution in [0.4, 0.5) is 5.82 Å². The number of para-hydroxylation sites is 1. The Kier molecular flexibility index (Phi) is 7.03. The predicted octanol–water partition coefficient (Wildman–Crippen LogP) is 4.80. The highest BCUT2D eigenvalue weighted by molar-refractivity contribution is 7.90. The van der Waals surface area contributed by atoms with Gasteiger partial charge in [0.1, 0.15) is 16.3 Å². The topological polar surface area (TPSA) is 97.5 Å². The predicted molar refractivity (Wildman–Crippen MR) is 144 cm³/mol. The summed E-state index contributed by atoms with van der Waals surface area (Å²) in [5.41, 5.74) is 4.30. The molecule has 0 amide bonds. The van der Waals surface area contributed by atoms with Gasteiger partial charge in [-0.25, -0.2) is 4.98 Å². The van der Waals surface area contributed by atoms with Gasteiger partial charge in [-0.15, -0.1) is 4.72 Å². The lowest BCUT2D eigenvalue weighted by Crippen LogP contribution is -2.42. The fourth-order valence-corrected chi connectivity index (χ4v) is 5.36. The number of hydrogen-bond donors (Lipinski definition) is 2. The first kappa shape index (κ1) is 24.8. The molecule has 1 aliphatic heterocycles. The van der Waals surface area contributed by atoms with Gasteiger partial charge < -0.3 is 19.1 Å². The minimum atomic E-state index is -1.30.